The lowest BCUT2D eigenvalue weighted by atomic mass is 10.1. The van der Waals surface area contributed by atoms with E-state index in [1.54, 1.807) is 12.1 Å². The van der Waals surface area contributed by atoms with Crippen molar-refractivity contribution in [1.82, 2.24) is 5.32 Å². The molecule has 1 unspecified atom stereocenters. The smallest absolute Gasteiger partial charge is 0.269 e. The summed E-state index contributed by atoms with van der Waals surface area (Å²) in [4.78, 5) is 22.0. The predicted molar refractivity (Wildman–Crippen MR) is 74.2 cm³/mol. The number of nitro benzene ring substituents is 1. The van der Waals surface area contributed by atoms with Gasteiger partial charge in [0.25, 0.3) is 5.69 Å². The Kier molecular flexibility index (Phi) is 3.57. The Balaban J connectivity index is 1.68. The second-order valence-corrected chi connectivity index (χ2v) is 6.33. The molecule has 0 radical (unpaired) electrons. The molecule has 1 spiro atoms. The van der Waals surface area contributed by atoms with E-state index in [4.69, 9.17) is 15.2 Å². The van der Waals surface area contributed by atoms with Gasteiger partial charge in [0, 0.05) is 17.7 Å². The zero-order chi connectivity index (χ0) is 15.0. The van der Waals surface area contributed by atoms with Crippen LogP contribution in [0.15, 0.2) is 24.3 Å². The lowest BCUT2D eigenvalue weighted by Gasteiger charge is -2.34. The summed E-state index contributed by atoms with van der Waals surface area (Å²) in [6, 6.07) is 5.93. The zero-order valence-corrected chi connectivity index (χ0v) is 11.7. The predicted octanol–water partition coefficient (Wildman–Crippen LogP) is 0.484. The van der Waals surface area contributed by atoms with E-state index in [1.807, 2.05) is 0 Å². The van der Waals surface area contributed by atoms with E-state index in [9.17, 15) is 14.9 Å². The Morgan fingerprint density at radius 1 is 1.33 bits per heavy atom. The molecule has 8 nitrogen and oxygen atoms in total. The molecule has 0 bridgehead atoms. The number of rotatable bonds is 2. The van der Waals surface area contributed by atoms with Crippen molar-refractivity contribution in [1.29, 1.82) is 0 Å². The van der Waals surface area contributed by atoms with Gasteiger partial charge in [-0.1, -0.05) is 11.8 Å². The summed E-state index contributed by atoms with van der Waals surface area (Å²) in [5.74, 6) is -0.192. The van der Waals surface area contributed by atoms with Crippen LogP contribution in [0.5, 0.6) is 0 Å². The first-order valence-corrected chi connectivity index (χ1v) is 7.10. The number of carbonyl (C=O) groups is 1. The second-order valence-electron chi connectivity index (χ2n) is 4.81. The number of nitro groups is 1. The molecular formula is C12H13N3O5S. The Morgan fingerprint density at radius 3 is 2.43 bits per heavy atom. The average Bonchev–Trinajstić information content (AvgIpc) is 2.74. The molecule has 0 aromatic heterocycles. The summed E-state index contributed by atoms with van der Waals surface area (Å²) in [6.07, 6.45) is -0.637. The van der Waals surface area contributed by atoms with Gasteiger partial charge in [0.2, 0.25) is 5.91 Å². The molecule has 2 aliphatic rings. The van der Waals surface area contributed by atoms with Gasteiger partial charge in [-0.05, 0) is 12.1 Å². The second kappa shape index (κ2) is 5.26. The van der Waals surface area contributed by atoms with Gasteiger partial charge in [0.15, 0.2) is 6.29 Å². The summed E-state index contributed by atoms with van der Waals surface area (Å²) in [7, 11) is 0. The quantitative estimate of drug-likeness (QED) is 0.602. The number of amides is 1. The third-order valence-electron chi connectivity index (χ3n) is 3.35. The molecule has 1 atom stereocenters. The van der Waals surface area contributed by atoms with Gasteiger partial charge in [-0.15, -0.1) is 0 Å². The van der Waals surface area contributed by atoms with Gasteiger partial charge < -0.3 is 20.5 Å². The van der Waals surface area contributed by atoms with E-state index >= 15 is 0 Å². The van der Waals surface area contributed by atoms with E-state index in [0.717, 1.165) is 0 Å². The fraction of sp³-hybridized carbons (Fsp3) is 0.417. The monoisotopic (exact) mass is 311 g/mol. The highest BCUT2D eigenvalue weighted by Crippen LogP contribution is 2.39. The summed E-state index contributed by atoms with van der Waals surface area (Å²) in [6.45, 7) is 0.359. The van der Waals surface area contributed by atoms with Crippen LogP contribution in [0.4, 0.5) is 5.69 Å². The van der Waals surface area contributed by atoms with E-state index in [1.165, 1.54) is 23.9 Å². The Hall–Kier alpha value is -1.68. The molecule has 2 saturated heterocycles. The minimum absolute atomic E-state index is 0.00253. The number of thioether (sulfide) groups is 1. The normalized spacial score (nSPS) is 32.1. The standard InChI is InChI=1S/C12H13N3O5S/c13-11-14-10(16)12(21-11)5-19-9(20-6-12)7-1-3-8(4-2-7)15(17)18/h1-4,9,11H,5-6,13H2,(H,14,16). The van der Waals surface area contributed by atoms with Gasteiger partial charge in [0.05, 0.1) is 18.1 Å². The van der Waals surface area contributed by atoms with E-state index in [-0.39, 0.29) is 24.8 Å². The molecule has 0 aliphatic carbocycles. The molecule has 2 fully saturated rings. The fourth-order valence-electron chi connectivity index (χ4n) is 2.24. The van der Waals surface area contributed by atoms with E-state index in [0.29, 0.717) is 5.56 Å². The number of carbonyl (C=O) groups excluding carboxylic acids is 1. The van der Waals surface area contributed by atoms with Crippen LogP contribution >= 0.6 is 11.8 Å². The first-order chi connectivity index (χ1) is 10.00. The number of benzene rings is 1. The first-order valence-electron chi connectivity index (χ1n) is 6.22. The summed E-state index contributed by atoms with van der Waals surface area (Å²) < 4.78 is 10.4. The van der Waals surface area contributed by atoms with Crippen LogP contribution in [0.25, 0.3) is 0 Å². The highest BCUT2D eigenvalue weighted by Gasteiger charge is 2.50. The van der Waals surface area contributed by atoms with Crippen molar-refractivity contribution in [3.05, 3.63) is 39.9 Å². The van der Waals surface area contributed by atoms with Crippen molar-refractivity contribution < 1.29 is 19.2 Å². The van der Waals surface area contributed by atoms with Crippen molar-refractivity contribution in [3.8, 4) is 0 Å². The van der Waals surface area contributed by atoms with Gasteiger partial charge in [0.1, 0.15) is 10.2 Å². The van der Waals surface area contributed by atoms with Crippen molar-refractivity contribution in [2.24, 2.45) is 5.73 Å². The highest BCUT2D eigenvalue weighted by atomic mass is 32.2. The average molecular weight is 311 g/mol. The lowest BCUT2D eigenvalue weighted by molar-refractivity contribution is -0.384. The maximum absolute atomic E-state index is 11.9. The molecule has 21 heavy (non-hydrogen) atoms. The maximum atomic E-state index is 11.9. The van der Waals surface area contributed by atoms with Crippen LogP contribution < -0.4 is 11.1 Å². The number of hydrogen-bond acceptors (Lipinski definition) is 7. The van der Waals surface area contributed by atoms with Crippen molar-refractivity contribution >= 4 is 23.4 Å². The number of ether oxygens (including phenoxy) is 2. The van der Waals surface area contributed by atoms with E-state index in [2.05, 4.69) is 5.32 Å². The number of nitrogens with two attached hydrogens (primary N) is 1. The molecule has 3 N–H and O–H groups in total. The highest BCUT2D eigenvalue weighted by molar-refractivity contribution is 8.02. The van der Waals surface area contributed by atoms with Crippen LogP contribution in [0.1, 0.15) is 11.9 Å². The van der Waals surface area contributed by atoms with Gasteiger partial charge in [-0.25, -0.2) is 0 Å². The SMILES string of the molecule is NC1NC(=O)C2(COC(c3ccc([N+](=O)[O-])cc3)OC2)S1. The largest absolute Gasteiger partial charge is 0.346 e. The number of non-ortho nitro benzene ring substituents is 1. The fourth-order valence-corrected chi connectivity index (χ4v) is 3.33. The third kappa shape index (κ3) is 2.60. The molecule has 9 heteroatoms. The molecule has 1 aromatic carbocycles. The summed E-state index contributed by atoms with van der Waals surface area (Å²) >= 11 is 1.28. The van der Waals surface area contributed by atoms with Crippen LogP contribution in [0.2, 0.25) is 0 Å². The Labute approximate surface area is 124 Å². The van der Waals surface area contributed by atoms with Crippen molar-refractivity contribution in [2.75, 3.05) is 13.2 Å². The third-order valence-corrected chi connectivity index (χ3v) is 4.60. The molecule has 3 rings (SSSR count). The van der Waals surface area contributed by atoms with Crippen LogP contribution in [-0.4, -0.2) is 34.3 Å². The molecule has 112 valence electrons. The number of nitrogens with zero attached hydrogens (tertiary/aromatic N) is 1. The lowest BCUT2D eigenvalue weighted by Crippen LogP contribution is -2.48. The topological polar surface area (TPSA) is 117 Å². The molecule has 1 aromatic rings. The van der Waals surface area contributed by atoms with Crippen LogP contribution in [0.3, 0.4) is 0 Å². The Bertz CT molecular complexity index is 571. The van der Waals surface area contributed by atoms with Gasteiger partial charge in [-0.2, -0.15) is 0 Å². The first kappa shape index (κ1) is 14.3. The minimum Gasteiger partial charge on any atom is -0.346 e. The molecule has 0 saturated carbocycles. The minimum atomic E-state index is -0.809. The maximum Gasteiger partial charge on any atom is 0.269 e. The Morgan fingerprint density at radius 2 is 1.95 bits per heavy atom. The number of nitrogens with one attached hydrogen (secondary N) is 1. The zero-order valence-electron chi connectivity index (χ0n) is 10.9. The number of hydrogen-bond donors (Lipinski definition) is 2. The molecule has 2 aliphatic heterocycles. The van der Waals surface area contributed by atoms with Gasteiger partial charge in [-0.3, -0.25) is 14.9 Å². The van der Waals surface area contributed by atoms with Crippen molar-refractivity contribution in [3.63, 3.8) is 0 Å². The molecular weight excluding hydrogens is 298 g/mol. The summed E-state index contributed by atoms with van der Waals surface area (Å²) in [5, 5.41) is 13.2. The van der Waals surface area contributed by atoms with Gasteiger partial charge >= 0.3 is 0 Å². The van der Waals surface area contributed by atoms with Crippen LogP contribution in [0, 0.1) is 10.1 Å². The molecule has 1 amide bonds. The molecule has 2 heterocycles. The summed E-state index contributed by atoms with van der Waals surface area (Å²) in [5.41, 5.74) is 5.89. The van der Waals surface area contributed by atoms with Crippen molar-refractivity contribution in [2.45, 2.75) is 16.5 Å². The van der Waals surface area contributed by atoms with E-state index < -0.39 is 21.5 Å². The van der Waals surface area contributed by atoms with Crippen LogP contribution in [-0.2, 0) is 14.3 Å².